The van der Waals surface area contributed by atoms with Crippen LogP contribution in [0.3, 0.4) is 0 Å². The Labute approximate surface area is 132 Å². The molecule has 1 aliphatic carbocycles. The quantitative estimate of drug-likeness (QED) is 0.772. The number of hydrogen-bond acceptors (Lipinski definition) is 4. The van der Waals surface area contributed by atoms with Crippen LogP contribution in [0.1, 0.15) is 39.5 Å². The highest BCUT2D eigenvalue weighted by atomic mass is 32.1. The van der Waals surface area contributed by atoms with Crippen molar-refractivity contribution in [2.75, 3.05) is 33.3 Å². The van der Waals surface area contributed by atoms with E-state index in [0.29, 0.717) is 11.4 Å². The van der Waals surface area contributed by atoms with Crippen molar-refractivity contribution in [3.63, 3.8) is 0 Å². The van der Waals surface area contributed by atoms with Gasteiger partial charge in [-0.3, -0.25) is 9.69 Å². The zero-order chi connectivity index (χ0) is 15.7. The first kappa shape index (κ1) is 16.6. The maximum Gasteiger partial charge on any atom is 0.225 e. The van der Waals surface area contributed by atoms with Crippen LogP contribution in [-0.4, -0.2) is 65.1 Å². The normalized spacial score (nSPS) is 22.7. The molecule has 120 valence electrons. The summed E-state index contributed by atoms with van der Waals surface area (Å²) in [5.41, 5.74) is 5.34. The van der Waals surface area contributed by atoms with Crippen LogP contribution in [0.5, 0.6) is 0 Å². The van der Waals surface area contributed by atoms with E-state index in [0.717, 1.165) is 45.4 Å². The highest BCUT2D eigenvalue weighted by Gasteiger charge is 2.41. The lowest BCUT2D eigenvalue weighted by molar-refractivity contribution is -0.146. The zero-order valence-electron chi connectivity index (χ0n) is 13.4. The van der Waals surface area contributed by atoms with Gasteiger partial charge in [0.1, 0.15) is 0 Å². The van der Waals surface area contributed by atoms with Gasteiger partial charge in [0.05, 0.1) is 22.5 Å². The molecule has 5 nitrogen and oxygen atoms in total. The van der Waals surface area contributed by atoms with E-state index in [1.807, 2.05) is 18.7 Å². The molecule has 1 saturated heterocycles. The molecule has 2 fully saturated rings. The Morgan fingerprint density at radius 1 is 1.29 bits per heavy atom. The lowest BCUT2D eigenvalue weighted by atomic mass is 9.77. The second kappa shape index (κ2) is 6.18. The van der Waals surface area contributed by atoms with Crippen LogP contribution in [0.2, 0.25) is 0 Å². The summed E-state index contributed by atoms with van der Waals surface area (Å²) in [5, 5.41) is 0. The van der Waals surface area contributed by atoms with Crippen LogP contribution in [0, 0.1) is 0 Å². The van der Waals surface area contributed by atoms with Gasteiger partial charge in [-0.15, -0.1) is 0 Å². The van der Waals surface area contributed by atoms with Gasteiger partial charge < -0.3 is 15.4 Å². The monoisotopic (exact) mass is 313 g/mol. The molecular formula is C15H27N3O2S. The molecule has 0 unspecified atom stereocenters. The molecule has 2 N–H and O–H groups in total. The minimum atomic E-state index is -0.286. The fourth-order valence-electron chi connectivity index (χ4n) is 3.08. The number of carbonyl (C=O) groups excluding carboxylic acids is 1. The summed E-state index contributed by atoms with van der Waals surface area (Å²) >= 11 is 5.14. The van der Waals surface area contributed by atoms with Gasteiger partial charge in [-0.05, 0) is 33.1 Å². The second-order valence-electron chi connectivity index (χ2n) is 6.71. The molecule has 0 radical (unpaired) electrons. The van der Waals surface area contributed by atoms with Gasteiger partial charge in [-0.2, -0.15) is 0 Å². The number of amides is 1. The largest absolute Gasteiger partial charge is 0.392 e. The van der Waals surface area contributed by atoms with E-state index in [1.165, 1.54) is 0 Å². The Kier molecular flexibility index (Phi) is 4.90. The van der Waals surface area contributed by atoms with E-state index in [2.05, 4.69) is 4.90 Å². The van der Waals surface area contributed by atoms with Crippen LogP contribution >= 0.6 is 12.2 Å². The van der Waals surface area contributed by atoms with E-state index >= 15 is 0 Å². The van der Waals surface area contributed by atoms with Gasteiger partial charge >= 0.3 is 0 Å². The fourth-order valence-corrected chi connectivity index (χ4v) is 3.21. The van der Waals surface area contributed by atoms with Gasteiger partial charge in [0.15, 0.2) is 0 Å². The van der Waals surface area contributed by atoms with Crippen molar-refractivity contribution in [1.82, 2.24) is 9.80 Å². The van der Waals surface area contributed by atoms with Gasteiger partial charge in [0.2, 0.25) is 5.91 Å². The van der Waals surface area contributed by atoms with Crippen molar-refractivity contribution in [3.8, 4) is 0 Å². The second-order valence-corrected chi connectivity index (χ2v) is 7.15. The number of thiocarbonyl (C=S) groups is 1. The summed E-state index contributed by atoms with van der Waals surface area (Å²) in [6.07, 6.45) is 3.69. The van der Waals surface area contributed by atoms with Crippen LogP contribution < -0.4 is 5.73 Å². The molecule has 1 saturated carbocycles. The zero-order valence-corrected chi connectivity index (χ0v) is 14.2. The number of methoxy groups -OCH3 is 1. The fraction of sp³-hybridized carbons (Fsp3) is 0.867. The minimum Gasteiger partial charge on any atom is -0.392 e. The summed E-state index contributed by atoms with van der Waals surface area (Å²) in [5.74, 6) is 0.212. The number of nitrogens with zero attached hydrogens (tertiary/aromatic N) is 2. The van der Waals surface area contributed by atoms with Crippen molar-refractivity contribution in [3.05, 3.63) is 0 Å². The maximum atomic E-state index is 12.4. The Bertz CT molecular complexity index is 408. The number of piperazine rings is 1. The first-order chi connectivity index (χ1) is 9.81. The Morgan fingerprint density at radius 3 is 2.24 bits per heavy atom. The molecule has 21 heavy (non-hydrogen) atoms. The van der Waals surface area contributed by atoms with Crippen LogP contribution in [-0.2, 0) is 9.53 Å². The molecule has 0 spiro atoms. The average Bonchev–Trinajstić information content (AvgIpc) is 2.42. The number of ether oxygens (including phenoxy) is 1. The lowest BCUT2D eigenvalue weighted by Gasteiger charge is -2.45. The van der Waals surface area contributed by atoms with Gasteiger partial charge in [-0.1, -0.05) is 12.2 Å². The van der Waals surface area contributed by atoms with Crippen molar-refractivity contribution < 1.29 is 9.53 Å². The highest BCUT2D eigenvalue weighted by Crippen LogP contribution is 2.38. The van der Waals surface area contributed by atoms with Gasteiger partial charge in [0, 0.05) is 33.3 Å². The van der Waals surface area contributed by atoms with Gasteiger partial charge in [0.25, 0.3) is 0 Å². The first-order valence-electron chi connectivity index (χ1n) is 7.69. The molecule has 1 heterocycles. The first-order valence-corrected chi connectivity index (χ1v) is 8.09. The molecule has 0 aromatic carbocycles. The highest BCUT2D eigenvalue weighted by molar-refractivity contribution is 7.80. The number of carbonyl (C=O) groups is 1. The smallest absolute Gasteiger partial charge is 0.225 e. The van der Waals surface area contributed by atoms with Crippen molar-refractivity contribution in [2.24, 2.45) is 5.73 Å². The summed E-state index contributed by atoms with van der Waals surface area (Å²) in [4.78, 5) is 17.2. The summed E-state index contributed by atoms with van der Waals surface area (Å²) < 4.78 is 5.55. The molecule has 0 aromatic rings. The standard InChI is InChI=1S/C15H27N3O2S/c1-14(2,13(16)21)18-9-7-17(8-10-18)12(19)11-15(20-3)5-4-6-15/h4-11H2,1-3H3,(H2,16,21). The molecule has 2 rings (SSSR count). The number of rotatable bonds is 5. The topological polar surface area (TPSA) is 58.8 Å². The maximum absolute atomic E-state index is 12.4. The van der Waals surface area contributed by atoms with Crippen LogP contribution in [0.15, 0.2) is 0 Å². The van der Waals surface area contributed by atoms with Crippen molar-refractivity contribution in [2.45, 2.75) is 50.7 Å². The molecule has 1 aliphatic heterocycles. The Hall–Kier alpha value is -0.720. The number of nitrogens with two attached hydrogens (primary N) is 1. The SMILES string of the molecule is COC1(CC(=O)N2CCN(C(C)(C)C(N)=S)CC2)CCC1. The van der Waals surface area contributed by atoms with Crippen LogP contribution in [0.25, 0.3) is 0 Å². The molecule has 1 amide bonds. The molecule has 0 aromatic heterocycles. The van der Waals surface area contributed by atoms with Gasteiger partial charge in [-0.25, -0.2) is 0 Å². The third-order valence-electron chi connectivity index (χ3n) is 5.20. The van der Waals surface area contributed by atoms with Crippen LogP contribution in [0.4, 0.5) is 0 Å². The predicted molar refractivity (Wildman–Crippen MR) is 87.2 cm³/mol. The van der Waals surface area contributed by atoms with E-state index in [1.54, 1.807) is 7.11 Å². The van der Waals surface area contributed by atoms with E-state index < -0.39 is 0 Å². The van der Waals surface area contributed by atoms with E-state index in [-0.39, 0.29) is 17.0 Å². The summed E-state index contributed by atoms with van der Waals surface area (Å²) in [7, 11) is 1.72. The predicted octanol–water partition coefficient (Wildman–Crippen LogP) is 1.15. The molecule has 2 aliphatic rings. The third kappa shape index (κ3) is 3.38. The lowest BCUT2D eigenvalue weighted by Crippen LogP contribution is -2.60. The van der Waals surface area contributed by atoms with Crippen molar-refractivity contribution >= 4 is 23.1 Å². The molecule has 6 heteroatoms. The molecular weight excluding hydrogens is 286 g/mol. The van der Waals surface area contributed by atoms with E-state index in [4.69, 9.17) is 22.7 Å². The average molecular weight is 313 g/mol. The minimum absolute atomic E-state index is 0.188. The Morgan fingerprint density at radius 2 is 1.86 bits per heavy atom. The number of hydrogen-bond donors (Lipinski definition) is 1. The Balaban J connectivity index is 1.86. The summed E-state index contributed by atoms with van der Waals surface area (Å²) in [6.45, 7) is 7.20. The molecule has 0 bridgehead atoms. The summed E-state index contributed by atoms with van der Waals surface area (Å²) in [6, 6.07) is 0. The van der Waals surface area contributed by atoms with E-state index in [9.17, 15) is 4.79 Å². The molecule has 0 atom stereocenters. The third-order valence-corrected chi connectivity index (χ3v) is 5.70. The van der Waals surface area contributed by atoms with Crippen molar-refractivity contribution in [1.29, 1.82) is 0 Å².